The Balaban J connectivity index is 2.51. The number of hydrogen-bond donors (Lipinski definition) is 2. The average molecular weight is 336 g/mol. The van der Waals surface area contributed by atoms with Gasteiger partial charge in [-0.15, -0.1) is 0 Å². The van der Waals surface area contributed by atoms with Gasteiger partial charge in [0.1, 0.15) is 5.75 Å². The van der Waals surface area contributed by atoms with E-state index in [9.17, 15) is 9.59 Å². The largest absolute Gasteiger partial charge is 0.481 e. The van der Waals surface area contributed by atoms with Gasteiger partial charge < -0.3 is 9.47 Å². The van der Waals surface area contributed by atoms with Crippen molar-refractivity contribution in [3.63, 3.8) is 0 Å². The maximum atomic E-state index is 12.1. The zero-order valence-electron chi connectivity index (χ0n) is 14.9. The number of rotatable bonds is 9. The topological polar surface area (TPSA) is 76.7 Å². The molecule has 6 nitrogen and oxygen atoms in total. The standard InChI is InChI=1S/C18H28N2O4/c1-5-13(3)15-9-7-8-10-16(15)24-14(4)18(22)20-19-17(21)11-12-23-6-2/h7-10,13-14H,5-6,11-12H2,1-4H3,(H,19,21)(H,20,22). The number of nitrogens with one attached hydrogen (secondary N) is 2. The Hall–Kier alpha value is -2.08. The second kappa shape index (κ2) is 10.6. The van der Waals surface area contributed by atoms with E-state index in [2.05, 4.69) is 24.7 Å². The van der Waals surface area contributed by atoms with Crippen molar-refractivity contribution in [1.29, 1.82) is 0 Å². The molecule has 1 rings (SSSR count). The number of benzene rings is 1. The Bertz CT molecular complexity index is 534. The highest BCUT2D eigenvalue weighted by Gasteiger charge is 2.18. The molecule has 2 amide bonds. The number of hydrazine groups is 1. The van der Waals surface area contributed by atoms with Crippen LogP contribution >= 0.6 is 0 Å². The maximum Gasteiger partial charge on any atom is 0.279 e. The lowest BCUT2D eigenvalue weighted by atomic mass is 9.98. The van der Waals surface area contributed by atoms with Crippen LogP contribution in [0.25, 0.3) is 0 Å². The van der Waals surface area contributed by atoms with Gasteiger partial charge in [0, 0.05) is 6.61 Å². The van der Waals surface area contributed by atoms with Crippen LogP contribution in [0.5, 0.6) is 5.75 Å². The van der Waals surface area contributed by atoms with E-state index in [1.807, 2.05) is 31.2 Å². The van der Waals surface area contributed by atoms with Gasteiger partial charge in [0.2, 0.25) is 5.91 Å². The molecular weight excluding hydrogens is 308 g/mol. The summed E-state index contributed by atoms with van der Waals surface area (Å²) in [5.41, 5.74) is 5.80. The van der Waals surface area contributed by atoms with Gasteiger partial charge in [-0.25, -0.2) is 0 Å². The van der Waals surface area contributed by atoms with Crippen LogP contribution in [0.2, 0.25) is 0 Å². The summed E-state index contributed by atoms with van der Waals surface area (Å²) in [6.45, 7) is 8.61. The minimum Gasteiger partial charge on any atom is -0.481 e. The molecule has 0 aliphatic carbocycles. The number of amides is 2. The normalized spacial score (nSPS) is 13.0. The van der Waals surface area contributed by atoms with Gasteiger partial charge in [-0.2, -0.15) is 0 Å². The van der Waals surface area contributed by atoms with Gasteiger partial charge in [0.05, 0.1) is 13.0 Å². The molecule has 134 valence electrons. The van der Waals surface area contributed by atoms with Crippen molar-refractivity contribution >= 4 is 11.8 Å². The van der Waals surface area contributed by atoms with E-state index < -0.39 is 12.0 Å². The third-order valence-corrected chi connectivity index (χ3v) is 3.74. The molecule has 2 N–H and O–H groups in total. The smallest absolute Gasteiger partial charge is 0.279 e. The molecule has 0 bridgehead atoms. The minimum absolute atomic E-state index is 0.195. The van der Waals surface area contributed by atoms with Gasteiger partial charge in [-0.1, -0.05) is 32.0 Å². The van der Waals surface area contributed by atoms with Crippen molar-refractivity contribution in [2.24, 2.45) is 0 Å². The third kappa shape index (κ3) is 6.58. The fraction of sp³-hybridized carbons (Fsp3) is 0.556. The van der Waals surface area contributed by atoms with Gasteiger partial charge in [-0.05, 0) is 37.8 Å². The molecule has 0 fully saturated rings. The summed E-state index contributed by atoms with van der Waals surface area (Å²) in [4.78, 5) is 23.6. The Kier molecular flexibility index (Phi) is 8.86. The molecule has 0 saturated carbocycles. The fourth-order valence-corrected chi connectivity index (χ4v) is 2.06. The Labute approximate surface area is 143 Å². The second-order valence-electron chi connectivity index (χ2n) is 5.59. The van der Waals surface area contributed by atoms with Gasteiger partial charge in [0.15, 0.2) is 6.10 Å². The van der Waals surface area contributed by atoms with Crippen molar-refractivity contribution in [3.05, 3.63) is 29.8 Å². The van der Waals surface area contributed by atoms with Crippen LogP contribution in [-0.2, 0) is 14.3 Å². The predicted octanol–water partition coefficient (Wildman–Crippen LogP) is 2.54. The quantitative estimate of drug-likeness (QED) is 0.537. The maximum absolute atomic E-state index is 12.1. The van der Waals surface area contributed by atoms with Gasteiger partial charge in [-0.3, -0.25) is 20.4 Å². The Morgan fingerprint density at radius 2 is 1.83 bits per heavy atom. The Morgan fingerprint density at radius 3 is 2.50 bits per heavy atom. The number of para-hydroxylation sites is 1. The molecule has 6 heteroatoms. The van der Waals surface area contributed by atoms with E-state index in [4.69, 9.17) is 9.47 Å². The summed E-state index contributed by atoms with van der Waals surface area (Å²) in [6.07, 6.45) is 0.458. The summed E-state index contributed by atoms with van der Waals surface area (Å²) in [5.74, 6) is 0.328. The molecule has 2 atom stereocenters. The lowest BCUT2D eigenvalue weighted by Gasteiger charge is -2.19. The average Bonchev–Trinajstić information content (AvgIpc) is 2.59. The molecule has 0 heterocycles. The molecule has 2 unspecified atom stereocenters. The van der Waals surface area contributed by atoms with Crippen molar-refractivity contribution < 1.29 is 19.1 Å². The molecule has 24 heavy (non-hydrogen) atoms. The predicted molar refractivity (Wildman–Crippen MR) is 92.6 cm³/mol. The third-order valence-electron chi connectivity index (χ3n) is 3.74. The van der Waals surface area contributed by atoms with E-state index >= 15 is 0 Å². The van der Waals surface area contributed by atoms with Crippen LogP contribution in [-0.4, -0.2) is 31.1 Å². The summed E-state index contributed by atoms with van der Waals surface area (Å²) in [6, 6.07) is 7.69. The van der Waals surface area contributed by atoms with Crippen LogP contribution in [0.15, 0.2) is 24.3 Å². The first-order valence-electron chi connectivity index (χ1n) is 8.41. The highest BCUT2D eigenvalue weighted by molar-refractivity contribution is 5.84. The monoisotopic (exact) mass is 336 g/mol. The van der Waals surface area contributed by atoms with Crippen LogP contribution in [0, 0.1) is 0 Å². The highest BCUT2D eigenvalue weighted by Crippen LogP contribution is 2.29. The molecule has 0 aliphatic heterocycles. The van der Waals surface area contributed by atoms with E-state index in [0.717, 1.165) is 12.0 Å². The molecule has 0 radical (unpaired) electrons. The molecule has 1 aromatic rings. The molecule has 0 aliphatic rings. The molecule has 1 aromatic carbocycles. The van der Waals surface area contributed by atoms with E-state index in [0.29, 0.717) is 24.9 Å². The minimum atomic E-state index is -0.720. The van der Waals surface area contributed by atoms with Crippen molar-refractivity contribution in [2.45, 2.75) is 52.6 Å². The summed E-state index contributed by atoms with van der Waals surface area (Å²) in [7, 11) is 0. The first-order chi connectivity index (χ1) is 11.5. The first kappa shape index (κ1) is 20.0. The van der Waals surface area contributed by atoms with Crippen molar-refractivity contribution in [1.82, 2.24) is 10.9 Å². The summed E-state index contributed by atoms with van der Waals surface area (Å²) >= 11 is 0. The van der Waals surface area contributed by atoms with Crippen molar-refractivity contribution in [3.8, 4) is 5.75 Å². The van der Waals surface area contributed by atoms with E-state index in [-0.39, 0.29) is 12.3 Å². The lowest BCUT2D eigenvalue weighted by Crippen LogP contribution is -2.47. The number of carbonyl (C=O) groups is 2. The number of carbonyl (C=O) groups excluding carboxylic acids is 2. The van der Waals surface area contributed by atoms with E-state index in [1.54, 1.807) is 6.92 Å². The zero-order valence-corrected chi connectivity index (χ0v) is 14.9. The zero-order chi connectivity index (χ0) is 17.9. The van der Waals surface area contributed by atoms with Gasteiger partial charge >= 0.3 is 0 Å². The first-order valence-corrected chi connectivity index (χ1v) is 8.41. The molecule has 0 saturated heterocycles. The number of hydrogen-bond acceptors (Lipinski definition) is 4. The van der Waals surface area contributed by atoms with Crippen LogP contribution in [0.4, 0.5) is 0 Å². The lowest BCUT2D eigenvalue weighted by molar-refractivity contribution is -0.133. The summed E-state index contributed by atoms with van der Waals surface area (Å²) < 4.78 is 10.9. The SMILES string of the molecule is CCOCCC(=O)NNC(=O)C(C)Oc1ccccc1C(C)CC. The van der Waals surface area contributed by atoms with Crippen LogP contribution in [0.1, 0.15) is 52.0 Å². The van der Waals surface area contributed by atoms with Crippen molar-refractivity contribution in [2.75, 3.05) is 13.2 Å². The van der Waals surface area contributed by atoms with Gasteiger partial charge in [0.25, 0.3) is 5.91 Å². The number of ether oxygens (including phenoxy) is 2. The molecular formula is C18H28N2O4. The highest BCUT2D eigenvalue weighted by atomic mass is 16.5. The molecule has 0 spiro atoms. The van der Waals surface area contributed by atoms with Crippen LogP contribution < -0.4 is 15.6 Å². The summed E-state index contributed by atoms with van der Waals surface area (Å²) in [5, 5.41) is 0. The Morgan fingerprint density at radius 1 is 1.12 bits per heavy atom. The molecule has 0 aromatic heterocycles. The van der Waals surface area contributed by atoms with E-state index in [1.165, 1.54) is 0 Å². The second-order valence-corrected chi connectivity index (χ2v) is 5.59. The fourth-order valence-electron chi connectivity index (χ4n) is 2.06. The van der Waals surface area contributed by atoms with Crippen LogP contribution in [0.3, 0.4) is 0 Å².